The predicted molar refractivity (Wildman–Crippen MR) is 108 cm³/mol. The number of carbonyl (C=O) groups is 2. The molecule has 0 aliphatic rings. The SMILES string of the molecule is CCOC(=O)/C=C/CC(C)(C)NC(=O)/C=C/c1cc(OC)c(OC)c(OC)c1. The second-order valence-corrected chi connectivity index (χ2v) is 6.52. The van der Waals surface area contributed by atoms with Gasteiger partial charge in [-0.2, -0.15) is 0 Å². The minimum Gasteiger partial charge on any atom is -0.493 e. The van der Waals surface area contributed by atoms with Crippen LogP contribution in [0.3, 0.4) is 0 Å². The Bertz CT molecular complexity index is 711. The first-order valence-corrected chi connectivity index (χ1v) is 8.89. The smallest absolute Gasteiger partial charge is 0.330 e. The summed E-state index contributed by atoms with van der Waals surface area (Å²) >= 11 is 0. The van der Waals surface area contributed by atoms with Gasteiger partial charge in [-0.1, -0.05) is 6.08 Å². The van der Waals surface area contributed by atoms with Crippen molar-refractivity contribution in [1.82, 2.24) is 5.32 Å². The second kappa shape index (κ2) is 11.0. The zero-order valence-corrected chi connectivity index (χ0v) is 17.3. The van der Waals surface area contributed by atoms with Crippen LogP contribution in [0.4, 0.5) is 0 Å². The van der Waals surface area contributed by atoms with E-state index in [1.54, 1.807) is 31.2 Å². The normalized spacial score (nSPS) is 11.5. The molecule has 28 heavy (non-hydrogen) atoms. The molecule has 0 fully saturated rings. The Labute approximate surface area is 166 Å². The lowest BCUT2D eigenvalue weighted by Crippen LogP contribution is -2.42. The van der Waals surface area contributed by atoms with Crippen LogP contribution in [0, 0.1) is 0 Å². The highest BCUT2D eigenvalue weighted by molar-refractivity contribution is 5.92. The van der Waals surface area contributed by atoms with Gasteiger partial charge < -0.3 is 24.3 Å². The van der Waals surface area contributed by atoms with Crippen LogP contribution in [-0.4, -0.2) is 45.4 Å². The third kappa shape index (κ3) is 7.34. The molecule has 1 aromatic rings. The minimum absolute atomic E-state index is 0.261. The molecule has 0 heterocycles. The number of rotatable bonds is 10. The molecular weight excluding hydrogens is 362 g/mol. The maximum absolute atomic E-state index is 12.3. The fourth-order valence-electron chi connectivity index (χ4n) is 2.44. The lowest BCUT2D eigenvalue weighted by atomic mass is 10.0. The Hall–Kier alpha value is -2.96. The van der Waals surface area contributed by atoms with Crippen molar-refractivity contribution < 1.29 is 28.5 Å². The monoisotopic (exact) mass is 391 g/mol. The van der Waals surface area contributed by atoms with Crippen LogP contribution in [0.25, 0.3) is 6.08 Å². The van der Waals surface area contributed by atoms with E-state index in [4.69, 9.17) is 18.9 Å². The third-order valence-corrected chi connectivity index (χ3v) is 3.74. The van der Waals surface area contributed by atoms with Crippen molar-refractivity contribution in [3.05, 3.63) is 35.9 Å². The molecule has 0 aliphatic heterocycles. The fraction of sp³-hybridized carbons (Fsp3) is 0.429. The zero-order chi connectivity index (χ0) is 21.2. The van der Waals surface area contributed by atoms with Gasteiger partial charge >= 0.3 is 5.97 Å². The van der Waals surface area contributed by atoms with Crippen molar-refractivity contribution in [2.24, 2.45) is 0 Å². The van der Waals surface area contributed by atoms with Crippen molar-refractivity contribution in [1.29, 1.82) is 0 Å². The van der Waals surface area contributed by atoms with Crippen molar-refractivity contribution >= 4 is 18.0 Å². The summed E-state index contributed by atoms with van der Waals surface area (Å²) in [5.41, 5.74) is 0.198. The average Bonchev–Trinajstić information content (AvgIpc) is 2.64. The van der Waals surface area contributed by atoms with E-state index in [1.165, 1.54) is 33.5 Å². The Balaban J connectivity index is 2.79. The lowest BCUT2D eigenvalue weighted by Gasteiger charge is -2.24. The van der Waals surface area contributed by atoms with Crippen LogP contribution in [0.1, 0.15) is 32.8 Å². The number of hydrogen-bond donors (Lipinski definition) is 1. The van der Waals surface area contributed by atoms with Crippen molar-refractivity contribution in [3.63, 3.8) is 0 Å². The number of benzene rings is 1. The standard InChI is InChI=1S/C21H29NO6/c1-7-28-19(24)9-8-12-21(2,3)22-18(23)11-10-15-13-16(25-4)20(27-6)17(14-15)26-5/h8-11,13-14H,7,12H2,1-6H3,(H,22,23)/b9-8+,11-10+. The third-order valence-electron chi connectivity index (χ3n) is 3.74. The minimum atomic E-state index is -0.528. The second-order valence-electron chi connectivity index (χ2n) is 6.52. The Morgan fingerprint density at radius 3 is 2.14 bits per heavy atom. The Kier molecular flexibility index (Phi) is 9.08. The van der Waals surface area contributed by atoms with Crippen molar-refractivity contribution in [2.45, 2.75) is 32.7 Å². The first-order valence-electron chi connectivity index (χ1n) is 8.89. The molecule has 0 spiro atoms. The highest BCUT2D eigenvalue weighted by Crippen LogP contribution is 2.38. The molecule has 0 unspecified atom stereocenters. The van der Waals surface area contributed by atoms with E-state index in [-0.39, 0.29) is 5.91 Å². The van der Waals surface area contributed by atoms with Gasteiger partial charge in [0.25, 0.3) is 0 Å². The number of amides is 1. The molecule has 7 nitrogen and oxygen atoms in total. The summed E-state index contributed by atoms with van der Waals surface area (Å²) in [6, 6.07) is 3.50. The fourth-order valence-corrected chi connectivity index (χ4v) is 2.44. The van der Waals surface area contributed by atoms with Crippen molar-refractivity contribution in [2.75, 3.05) is 27.9 Å². The molecular formula is C21H29NO6. The van der Waals surface area contributed by atoms with Gasteiger partial charge in [-0.25, -0.2) is 4.79 Å². The Morgan fingerprint density at radius 1 is 1.04 bits per heavy atom. The number of esters is 1. The molecule has 0 aliphatic carbocycles. The number of nitrogens with one attached hydrogen (secondary N) is 1. The van der Waals surface area contributed by atoms with Crippen LogP contribution in [0.5, 0.6) is 17.2 Å². The lowest BCUT2D eigenvalue weighted by molar-refractivity contribution is -0.137. The molecule has 1 rings (SSSR count). The molecule has 154 valence electrons. The van der Waals surface area contributed by atoms with E-state index in [0.29, 0.717) is 30.3 Å². The number of methoxy groups -OCH3 is 3. The van der Waals surface area contributed by atoms with Crippen LogP contribution in [-0.2, 0) is 14.3 Å². The maximum atomic E-state index is 12.3. The summed E-state index contributed by atoms with van der Waals surface area (Å²) in [7, 11) is 4.59. The molecule has 0 saturated heterocycles. The molecule has 0 atom stereocenters. The van der Waals surface area contributed by atoms with Gasteiger partial charge in [0.15, 0.2) is 11.5 Å². The van der Waals surface area contributed by atoms with Crippen LogP contribution < -0.4 is 19.5 Å². The van der Waals surface area contributed by atoms with E-state index in [0.717, 1.165) is 5.56 Å². The van der Waals surface area contributed by atoms with Gasteiger partial charge in [-0.05, 0) is 51.0 Å². The van der Waals surface area contributed by atoms with E-state index in [1.807, 2.05) is 13.8 Å². The maximum Gasteiger partial charge on any atom is 0.330 e. The molecule has 0 aromatic heterocycles. The molecule has 0 saturated carbocycles. The highest BCUT2D eigenvalue weighted by Gasteiger charge is 2.18. The van der Waals surface area contributed by atoms with Crippen LogP contribution >= 0.6 is 0 Å². The topological polar surface area (TPSA) is 83.1 Å². The summed E-state index contributed by atoms with van der Waals surface area (Å²) in [5, 5.41) is 2.90. The molecule has 7 heteroatoms. The molecule has 0 radical (unpaired) electrons. The van der Waals surface area contributed by atoms with E-state index in [9.17, 15) is 9.59 Å². The van der Waals surface area contributed by atoms with Gasteiger partial charge in [0.1, 0.15) is 0 Å². The first-order chi connectivity index (χ1) is 13.3. The molecule has 1 N–H and O–H groups in total. The molecule has 0 bridgehead atoms. The predicted octanol–water partition coefficient (Wildman–Crippen LogP) is 3.13. The highest BCUT2D eigenvalue weighted by atomic mass is 16.5. The summed E-state index contributed by atoms with van der Waals surface area (Å²) in [4.78, 5) is 23.6. The molecule has 1 aromatic carbocycles. The Morgan fingerprint density at radius 2 is 1.64 bits per heavy atom. The summed E-state index contributed by atoms with van der Waals surface area (Å²) < 4.78 is 20.7. The van der Waals surface area contributed by atoms with Gasteiger partial charge in [-0.3, -0.25) is 4.79 Å². The number of carbonyl (C=O) groups excluding carboxylic acids is 2. The van der Waals surface area contributed by atoms with Crippen LogP contribution in [0.2, 0.25) is 0 Å². The van der Waals surface area contributed by atoms with E-state index >= 15 is 0 Å². The summed E-state index contributed by atoms with van der Waals surface area (Å²) in [6.07, 6.45) is 6.61. The first kappa shape index (κ1) is 23.1. The van der Waals surface area contributed by atoms with Crippen LogP contribution in [0.15, 0.2) is 30.4 Å². The number of hydrogen-bond acceptors (Lipinski definition) is 6. The summed E-state index contributed by atoms with van der Waals surface area (Å²) in [6.45, 7) is 5.81. The van der Waals surface area contributed by atoms with Crippen molar-refractivity contribution in [3.8, 4) is 17.2 Å². The average molecular weight is 391 g/mol. The number of ether oxygens (including phenoxy) is 4. The van der Waals surface area contributed by atoms with E-state index in [2.05, 4.69) is 5.32 Å². The van der Waals surface area contributed by atoms with Gasteiger partial charge in [0, 0.05) is 17.7 Å². The van der Waals surface area contributed by atoms with Gasteiger partial charge in [-0.15, -0.1) is 0 Å². The zero-order valence-electron chi connectivity index (χ0n) is 17.3. The van der Waals surface area contributed by atoms with E-state index < -0.39 is 11.5 Å². The summed E-state index contributed by atoms with van der Waals surface area (Å²) in [5.74, 6) is 0.842. The van der Waals surface area contributed by atoms with Gasteiger partial charge in [0.05, 0.1) is 27.9 Å². The molecule has 1 amide bonds. The quantitative estimate of drug-likeness (QED) is 0.487. The largest absolute Gasteiger partial charge is 0.493 e. The van der Waals surface area contributed by atoms with Gasteiger partial charge in [0.2, 0.25) is 11.7 Å².